The fourth-order valence-corrected chi connectivity index (χ4v) is 2.37. The molecule has 0 rings (SSSR count). The van der Waals surface area contributed by atoms with Crippen LogP contribution in [0.4, 0.5) is 0 Å². The van der Waals surface area contributed by atoms with Crippen LogP contribution in [-0.2, 0) is 9.53 Å². The van der Waals surface area contributed by atoms with Crippen molar-refractivity contribution >= 4 is 5.97 Å². The third-order valence-corrected chi connectivity index (χ3v) is 3.75. The van der Waals surface area contributed by atoms with Gasteiger partial charge in [0.1, 0.15) is 0 Å². The molecule has 0 fully saturated rings. The molecule has 0 atom stereocenters. The van der Waals surface area contributed by atoms with Gasteiger partial charge in [0.2, 0.25) is 0 Å². The maximum Gasteiger partial charge on any atom is 0.305 e. The zero-order valence-electron chi connectivity index (χ0n) is 32.2. The first-order valence-corrected chi connectivity index (χ1v) is 18.4. The smallest absolute Gasteiger partial charge is 0.305 e. The highest BCUT2D eigenvalue weighted by molar-refractivity contribution is 5.69. The Hall–Kier alpha value is -0.530. The minimum absolute atomic E-state index is 0.00599. The zero-order valence-corrected chi connectivity index (χ0v) is 32.2. The van der Waals surface area contributed by atoms with Crippen LogP contribution in [0.2, 0.25) is 0 Å². The first-order chi connectivity index (χ1) is 19.3. The normalized spacial score (nSPS) is 8.20. The van der Waals surface area contributed by atoms with Crippen LogP contribution >= 0.6 is 0 Å². The van der Waals surface area contributed by atoms with Crippen LogP contribution in [0.3, 0.4) is 0 Å². The molecule has 40 heavy (non-hydrogen) atoms. The maximum absolute atomic E-state index is 11.5. The third kappa shape index (κ3) is 163. The molecule has 0 spiro atoms. The molecule has 0 aliphatic rings. The Balaban J connectivity index is -0.0000000694. The number of unbranched alkanes of at least 4 members (excludes halogenated alkanes) is 11. The SMILES string of the molecule is CC.CCC.CCC.CCC.CCC.CCC.CCC.CCCCCCCCCOC(=O)CCCCCCCC. The monoisotopic (exact) mass is 579 g/mol. The summed E-state index contributed by atoms with van der Waals surface area (Å²) in [6, 6.07) is 0. The van der Waals surface area contributed by atoms with Crippen molar-refractivity contribution in [3.05, 3.63) is 0 Å². The van der Waals surface area contributed by atoms with Crippen molar-refractivity contribution in [2.45, 2.75) is 239 Å². The number of hydrogen-bond donors (Lipinski definition) is 0. The number of hydrogen-bond acceptors (Lipinski definition) is 2. The second-order valence-electron chi connectivity index (χ2n) is 10.1. The molecule has 0 bridgehead atoms. The van der Waals surface area contributed by atoms with E-state index in [-0.39, 0.29) is 5.97 Å². The van der Waals surface area contributed by atoms with E-state index in [1.807, 2.05) is 13.8 Å². The van der Waals surface area contributed by atoms with E-state index in [2.05, 4.69) is 96.9 Å². The molecule has 0 saturated heterocycles. The summed E-state index contributed by atoms with van der Waals surface area (Å²) in [6.45, 7) is 34.6. The van der Waals surface area contributed by atoms with Crippen molar-refractivity contribution in [3.63, 3.8) is 0 Å². The number of esters is 1. The minimum Gasteiger partial charge on any atom is -0.466 e. The summed E-state index contributed by atoms with van der Waals surface area (Å²) in [5, 5.41) is 0. The molecule has 0 radical (unpaired) electrons. The van der Waals surface area contributed by atoms with Gasteiger partial charge in [-0.1, -0.05) is 220 Å². The molecule has 0 N–H and O–H groups in total. The Morgan fingerprint density at radius 2 is 0.600 bits per heavy atom. The third-order valence-electron chi connectivity index (χ3n) is 3.75. The largest absolute Gasteiger partial charge is 0.466 e. The Morgan fingerprint density at radius 3 is 0.875 bits per heavy atom. The fraction of sp³-hybridized carbons (Fsp3) is 0.974. The second-order valence-corrected chi connectivity index (χ2v) is 10.1. The molecule has 0 aliphatic heterocycles. The predicted molar refractivity (Wildman–Crippen MR) is 194 cm³/mol. The van der Waals surface area contributed by atoms with Crippen molar-refractivity contribution in [2.75, 3.05) is 6.61 Å². The van der Waals surface area contributed by atoms with Crippen LogP contribution in [0.15, 0.2) is 0 Å². The van der Waals surface area contributed by atoms with E-state index in [4.69, 9.17) is 4.74 Å². The van der Waals surface area contributed by atoms with E-state index in [1.54, 1.807) is 0 Å². The summed E-state index contributed by atoms with van der Waals surface area (Å²) < 4.78 is 5.26. The molecule has 0 saturated carbocycles. The first-order valence-electron chi connectivity index (χ1n) is 18.4. The van der Waals surface area contributed by atoms with Gasteiger partial charge in [-0.2, -0.15) is 0 Å². The summed E-state index contributed by atoms with van der Waals surface area (Å²) in [5.41, 5.74) is 0. The number of carbonyl (C=O) groups is 1. The van der Waals surface area contributed by atoms with E-state index in [0.717, 1.165) is 12.8 Å². The van der Waals surface area contributed by atoms with Crippen LogP contribution < -0.4 is 0 Å². The van der Waals surface area contributed by atoms with Crippen molar-refractivity contribution in [2.24, 2.45) is 0 Å². The lowest BCUT2D eigenvalue weighted by Gasteiger charge is -2.05. The lowest BCUT2D eigenvalue weighted by atomic mass is 10.1. The van der Waals surface area contributed by atoms with E-state index in [1.165, 1.54) is 109 Å². The van der Waals surface area contributed by atoms with Crippen LogP contribution in [0.1, 0.15) is 239 Å². The molecule has 0 aromatic rings. The van der Waals surface area contributed by atoms with Crippen molar-refractivity contribution in [1.82, 2.24) is 0 Å². The first kappa shape index (κ1) is 59.0. The van der Waals surface area contributed by atoms with Crippen LogP contribution in [-0.4, -0.2) is 12.6 Å². The highest BCUT2D eigenvalue weighted by Crippen LogP contribution is 2.09. The number of rotatable bonds is 15. The quantitative estimate of drug-likeness (QED) is 0.143. The second kappa shape index (κ2) is 90.2. The summed E-state index contributed by atoms with van der Waals surface area (Å²) in [5.74, 6) is 0.00599. The Morgan fingerprint density at radius 1 is 0.375 bits per heavy atom. The number of carbonyl (C=O) groups excluding carboxylic acids is 1. The predicted octanol–water partition coefficient (Wildman–Crippen LogP) is 15.6. The molecule has 0 aliphatic carbocycles. The van der Waals surface area contributed by atoms with Gasteiger partial charge in [-0.15, -0.1) is 0 Å². The molecule has 0 aromatic heterocycles. The molecule has 0 aromatic carbocycles. The van der Waals surface area contributed by atoms with Crippen LogP contribution in [0.25, 0.3) is 0 Å². The molecular weight excluding hydrogens is 488 g/mol. The van der Waals surface area contributed by atoms with E-state index in [9.17, 15) is 4.79 Å². The van der Waals surface area contributed by atoms with E-state index < -0.39 is 0 Å². The molecule has 0 amide bonds. The molecular formula is C38H90O2. The average Bonchev–Trinajstić information content (AvgIpc) is 2.92. The van der Waals surface area contributed by atoms with Crippen LogP contribution in [0.5, 0.6) is 0 Å². The minimum atomic E-state index is 0.00599. The zero-order chi connectivity index (χ0) is 33.1. The Bertz CT molecular complexity index is 261. The lowest BCUT2D eigenvalue weighted by molar-refractivity contribution is -0.143. The summed E-state index contributed by atoms with van der Waals surface area (Å²) >= 11 is 0. The summed E-state index contributed by atoms with van der Waals surface area (Å²) in [7, 11) is 0. The average molecular weight is 579 g/mol. The van der Waals surface area contributed by atoms with Crippen molar-refractivity contribution < 1.29 is 9.53 Å². The molecule has 254 valence electrons. The maximum atomic E-state index is 11.5. The Kier molecular flexibility index (Phi) is 133. The lowest BCUT2D eigenvalue weighted by Crippen LogP contribution is -2.05. The molecule has 2 heteroatoms. The summed E-state index contributed by atoms with van der Waals surface area (Å²) in [4.78, 5) is 11.5. The van der Waals surface area contributed by atoms with Crippen LogP contribution in [0, 0.1) is 0 Å². The van der Waals surface area contributed by atoms with Gasteiger partial charge in [0.15, 0.2) is 0 Å². The highest BCUT2D eigenvalue weighted by Gasteiger charge is 2.02. The highest BCUT2D eigenvalue weighted by atomic mass is 16.5. The van der Waals surface area contributed by atoms with E-state index in [0.29, 0.717) is 13.0 Å². The summed E-state index contributed by atoms with van der Waals surface area (Å²) in [6.07, 6.45) is 24.3. The molecule has 0 heterocycles. The van der Waals surface area contributed by atoms with E-state index >= 15 is 0 Å². The van der Waals surface area contributed by atoms with Gasteiger partial charge < -0.3 is 4.74 Å². The Labute approximate surface area is 261 Å². The van der Waals surface area contributed by atoms with Gasteiger partial charge in [-0.05, 0) is 12.8 Å². The van der Waals surface area contributed by atoms with Crippen molar-refractivity contribution in [3.8, 4) is 0 Å². The van der Waals surface area contributed by atoms with Crippen molar-refractivity contribution in [1.29, 1.82) is 0 Å². The van der Waals surface area contributed by atoms with Gasteiger partial charge in [0, 0.05) is 6.42 Å². The van der Waals surface area contributed by atoms with Gasteiger partial charge in [0.25, 0.3) is 0 Å². The fourth-order valence-electron chi connectivity index (χ4n) is 2.37. The topological polar surface area (TPSA) is 26.3 Å². The van der Waals surface area contributed by atoms with Gasteiger partial charge in [-0.3, -0.25) is 4.79 Å². The van der Waals surface area contributed by atoms with Gasteiger partial charge >= 0.3 is 5.97 Å². The molecule has 2 nitrogen and oxygen atoms in total. The standard InChI is InChI=1S/C18H36O2.6C3H8.C2H6/c1-3-5-7-9-11-13-15-17-20-18(19)16-14-12-10-8-6-4-2;6*1-3-2;1-2/h3-17H2,1-2H3;6*3H2,1-2H3;1-2H3. The number of ether oxygens (including phenoxy) is 1. The molecule has 0 unspecified atom stereocenters. The van der Waals surface area contributed by atoms with Gasteiger partial charge in [0.05, 0.1) is 6.61 Å². The van der Waals surface area contributed by atoms with Gasteiger partial charge in [-0.25, -0.2) is 0 Å².